The maximum atomic E-state index is 11.5. The molecule has 0 aromatic carbocycles. The van der Waals surface area contributed by atoms with Gasteiger partial charge in [0.2, 0.25) is 5.91 Å². The third-order valence-corrected chi connectivity index (χ3v) is 3.00. The van der Waals surface area contributed by atoms with E-state index in [9.17, 15) is 4.79 Å². The Morgan fingerprint density at radius 1 is 1.00 bits per heavy atom. The Morgan fingerprint density at radius 3 is 2.11 bits per heavy atom. The van der Waals surface area contributed by atoms with Gasteiger partial charge in [-0.05, 0) is 38.5 Å². The Morgan fingerprint density at radius 2 is 1.56 bits per heavy atom. The van der Waals surface area contributed by atoms with Crippen molar-refractivity contribution in [2.45, 2.75) is 20.8 Å². The van der Waals surface area contributed by atoms with Crippen molar-refractivity contribution < 1.29 is 4.79 Å². The smallest absolute Gasteiger partial charge is 0.249 e. The van der Waals surface area contributed by atoms with Crippen molar-refractivity contribution in [2.24, 2.45) is 5.73 Å². The van der Waals surface area contributed by atoms with E-state index in [1.165, 1.54) is 0 Å². The van der Waals surface area contributed by atoms with Gasteiger partial charge in [-0.2, -0.15) is 0 Å². The second-order valence-corrected chi connectivity index (χ2v) is 4.27. The molecule has 18 heavy (non-hydrogen) atoms. The number of hydrogen-bond donors (Lipinski definition) is 1. The molecule has 2 aromatic heterocycles. The molecule has 0 atom stereocenters. The van der Waals surface area contributed by atoms with Gasteiger partial charge in [-0.25, -0.2) is 0 Å². The van der Waals surface area contributed by atoms with E-state index in [0.29, 0.717) is 5.56 Å². The molecule has 2 rings (SSSR count). The lowest BCUT2D eigenvalue weighted by atomic mass is 9.94. The fourth-order valence-corrected chi connectivity index (χ4v) is 2.16. The van der Waals surface area contributed by atoms with Crippen LogP contribution in [0.25, 0.3) is 11.1 Å². The summed E-state index contributed by atoms with van der Waals surface area (Å²) in [4.78, 5) is 20.1. The fraction of sp³-hybridized carbons (Fsp3) is 0.214. The predicted octanol–water partition coefficient (Wildman–Crippen LogP) is 2.17. The first-order valence-corrected chi connectivity index (χ1v) is 5.70. The van der Waals surface area contributed by atoms with Crippen LogP contribution in [-0.4, -0.2) is 15.9 Å². The molecule has 2 N–H and O–H groups in total. The first-order chi connectivity index (χ1) is 8.52. The number of carbonyl (C=O) groups excluding carboxylic acids is 1. The number of aryl methyl sites for hydroxylation is 3. The molecule has 2 heterocycles. The lowest BCUT2D eigenvalue weighted by Crippen LogP contribution is -2.14. The molecule has 0 bridgehead atoms. The number of nitrogens with two attached hydrogens (primary N) is 1. The van der Waals surface area contributed by atoms with Crippen LogP contribution >= 0.6 is 0 Å². The van der Waals surface area contributed by atoms with Crippen LogP contribution < -0.4 is 5.73 Å². The van der Waals surface area contributed by atoms with E-state index in [4.69, 9.17) is 5.73 Å². The SMILES string of the molecule is Cc1ccnc(C)c1-c1c(C(N)=O)ccnc1C. The van der Waals surface area contributed by atoms with E-state index in [0.717, 1.165) is 28.1 Å². The number of nitrogens with zero attached hydrogens (tertiary/aromatic N) is 2. The summed E-state index contributed by atoms with van der Waals surface area (Å²) in [6.45, 7) is 5.77. The zero-order chi connectivity index (χ0) is 13.3. The molecule has 0 unspecified atom stereocenters. The normalized spacial score (nSPS) is 10.4. The summed E-state index contributed by atoms with van der Waals surface area (Å²) < 4.78 is 0. The zero-order valence-electron chi connectivity index (χ0n) is 10.7. The molecule has 0 saturated carbocycles. The minimum absolute atomic E-state index is 0.446. The molecule has 0 aliphatic rings. The van der Waals surface area contributed by atoms with Crippen molar-refractivity contribution in [2.75, 3.05) is 0 Å². The van der Waals surface area contributed by atoms with Gasteiger partial charge in [0.25, 0.3) is 0 Å². The van der Waals surface area contributed by atoms with E-state index < -0.39 is 5.91 Å². The molecule has 0 saturated heterocycles. The van der Waals surface area contributed by atoms with Crippen molar-refractivity contribution in [3.8, 4) is 11.1 Å². The molecule has 0 radical (unpaired) electrons. The second kappa shape index (κ2) is 4.56. The Balaban J connectivity index is 2.82. The largest absolute Gasteiger partial charge is 0.366 e. The summed E-state index contributed by atoms with van der Waals surface area (Å²) in [6.07, 6.45) is 3.35. The van der Waals surface area contributed by atoms with Crippen molar-refractivity contribution in [1.82, 2.24) is 9.97 Å². The maximum Gasteiger partial charge on any atom is 0.249 e. The molecule has 0 spiro atoms. The number of pyridine rings is 2. The minimum Gasteiger partial charge on any atom is -0.366 e. The molecule has 4 heteroatoms. The van der Waals surface area contributed by atoms with Gasteiger partial charge >= 0.3 is 0 Å². The van der Waals surface area contributed by atoms with Gasteiger partial charge in [0.15, 0.2) is 0 Å². The summed E-state index contributed by atoms with van der Waals surface area (Å²) in [5.41, 5.74) is 10.4. The van der Waals surface area contributed by atoms with Crippen molar-refractivity contribution in [3.05, 3.63) is 47.0 Å². The van der Waals surface area contributed by atoms with Crippen molar-refractivity contribution in [1.29, 1.82) is 0 Å². The number of hydrogen-bond acceptors (Lipinski definition) is 3. The quantitative estimate of drug-likeness (QED) is 0.876. The molecule has 92 valence electrons. The number of aromatic nitrogens is 2. The summed E-state index contributed by atoms with van der Waals surface area (Å²) in [5, 5.41) is 0. The van der Waals surface area contributed by atoms with Crippen LogP contribution in [0, 0.1) is 20.8 Å². The molecular formula is C14H15N3O. The van der Waals surface area contributed by atoms with Crippen LogP contribution in [0.5, 0.6) is 0 Å². The number of primary amides is 1. The van der Waals surface area contributed by atoms with Crippen molar-refractivity contribution >= 4 is 5.91 Å². The van der Waals surface area contributed by atoms with Crippen LogP contribution in [0.3, 0.4) is 0 Å². The Bertz CT molecular complexity index is 600. The fourth-order valence-electron chi connectivity index (χ4n) is 2.16. The van der Waals surface area contributed by atoms with Crippen LogP contribution in [0.1, 0.15) is 27.3 Å². The first-order valence-electron chi connectivity index (χ1n) is 5.70. The molecule has 1 amide bonds. The molecule has 2 aromatic rings. The van der Waals surface area contributed by atoms with E-state index in [-0.39, 0.29) is 0 Å². The van der Waals surface area contributed by atoms with Gasteiger partial charge < -0.3 is 5.73 Å². The molecule has 0 aliphatic heterocycles. The highest BCUT2D eigenvalue weighted by atomic mass is 16.1. The third-order valence-electron chi connectivity index (χ3n) is 3.00. The minimum atomic E-state index is -0.446. The Labute approximate surface area is 106 Å². The molecule has 0 fully saturated rings. The molecule has 4 nitrogen and oxygen atoms in total. The summed E-state index contributed by atoms with van der Waals surface area (Å²) in [6, 6.07) is 3.57. The summed E-state index contributed by atoms with van der Waals surface area (Å²) in [7, 11) is 0. The molecule has 0 aliphatic carbocycles. The third kappa shape index (κ3) is 1.97. The average Bonchev–Trinajstić information content (AvgIpc) is 2.30. The molecular weight excluding hydrogens is 226 g/mol. The first kappa shape index (κ1) is 12.2. The number of rotatable bonds is 2. The summed E-state index contributed by atoms with van der Waals surface area (Å²) in [5.74, 6) is -0.446. The van der Waals surface area contributed by atoms with Gasteiger partial charge in [0.05, 0.1) is 5.56 Å². The Kier molecular flexibility index (Phi) is 3.10. The lowest BCUT2D eigenvalue weighted by molar-refractivity contribution is 0.100. The van der Waals surface area contributed by atoms with Gasteiger partial charge in [-0.15, -0.1) is 0 Å². The Hall–Kier alpha value is -2.23. The maximum absolute atomic E-state index is 11.5. The van der Waals surface area contributed by atoms with Crippen molar-refractivity contribution in [3.63, 3.8) is 0 Å². The van der Waals surface area contributed by atoms with E-state index in [1.807, 2.05) is 26.8 Å². The van der Waals surface area contributed by atoms with Gasteiger partial charge in [0, 0.05) is 34.9 Å². The number of carbonyl (C=O) groups is 1. The van der Waals surface area contributed by atoms with E-state index >= 15 is 0 Å². The van der Waals surface area contributed by atoms with E-state index in [2.05, 4.69) is 9.97 Å². The van der Waals surface area contributed by atoms with Gasteiger partial charge in [-0.3, -0.25) is 14.8 Å². The van der Waals surface area contributed by atoms with Gasteiger partial charge in [-0.1, -0.05) is 0 Å². The predicted molar refractivity (Wildman–Crippen MR) is 70.2 cm³/mol. The average molecular weight is 241 g/mol. The van der Waals surface area contributed by atoms with Crippen LogP contribution in [0.2, 0.25) is 0 Å². The van der Waals surface area contributed by atoms with Crippen LogP contribution in [0.15, 0.2) is 24.5 Å². The second-order valence-electron chi connectivity index (χ2n) is 4.27. The highest BCUT2D eigenvalue weighted by Crippen LogP contribution is 2.30. The lowest BCUT2D eigenvalue weighted by Gasteiger charge is -2.14. The summed E-state index contributed by atoms with van der Waals surface area (Å²) >= 11 is 0. The monoisotopic (exact) mass is 241 g/mol. The highest BCUT2D eigenvalue weighted by Gasteiger charge is 2.17. The topological polar surface area (TPSA) is 68.9 Å². The standard InChI is InChI=1S/C14H15N3O/c1-8-4-6-16-9(2)12(8)13-10(3)17-7-5-11(13)14(15)18/h4-7H,1-3H3,(H2,15,18). The van der Waals surface area contributed by atoms with Crippen LogP contribution in [0.4, 0.5) is 0 Å². The number of amides is 1. The van der Waals surface area contributed by atoms with Gasteiger partial charge in [0.1, 0.15) is 0 Å². The van der Waals surface area contributed by atoms with E-state index in [1.54, 1.807) is 18.5 Å². The van der Waals surface area contributed by atoms with Crippen LogP contribution in [-0.2, 0) is 0 Å². The zero-order valence-corrected chi connectivity index (χ0v) is 10.7. The highest BCUT2D eigenvalue weighted by molar-refractivity contribution is 6.00.